The minimum absolute atomic E-state index is 0.0401. The highest BCUT2D eigenvalue weighted by Crippen LogP contribution is 2.30. The van der Waals surface area contributed by atoms with Gasteiger partial charge in [0.1, 0.15) is 0 Å². The Morgan fingerprint density at radius 2 is 2.12 bits per heavy atom. The van der Waals surface area contributed by atoms with Crippen molar-refractivity contribution in [2.45, 2.75) is 38.8 Å². The average molecular weight is 232 g/mol. The van der Waals surface area contributed by atoms with Gasteiger partial charge < -0.3 is 11.1 Å². The molecule has 1 aromatic carbocycles. The molecule has 92 valence electrons. The number of benzene rings is 1. The lowest BCUT2D eigenvalue weighted by Gasteiger charge is -2.19. The number of carbonyl (C=O) groups is 1. The molecular formula is C14H20N2O. The minimum atomic E-state index is -0.414. The lowest BCUT2D eigenvalue weighted by molar-refractivity contribution is -0.124. The van der Waals surface area contributed by atoms with E-state index >= 15 is 0 Å². The largest absolute Gasteiger partial charge is 0.348 e. The van der Waals surface area contributed by atoms with Gasteiger partial charge >= 0.3 is 0 Å². The first-order valence-electron chi connectivity index (χ1n) is 6.23. The zero-order chi connectivity index (χ0) is 12.4. The zero-order valence-electron chi connectivity index (χ0n) is 10.4. The molecule has 3 N–H and O–H groups in total. The number of rotatable bonds is 3. The molecule has 0 radical (unpaired) electrons. The Bertz CT molecular complexity index is 414. The van der Waals surface area contributed by atoms with Crippen LogP contribution < -0.4 is 11.1 Å². The van der Waals surface area contributed by atoms with Crippen LogP contribution >= 0.6 is 0 Å². The van der Waals surface area contributed by atoms with Gasteiger partial charge in [0.2, 0.25) is 5.91 Å². The third-order valence-corrected chi connectivity index (χ3v) is 3.47. The molecule has 17 heavy (non-hydrogen) atoms. The zero-order valence-corrected chi connectivity index (χ0v) is 10.4. The van der Waals surface area contributed by atoms with Crippen LogP contribution in [-0.4, -0.2) is 11.9 Å². The highest BCUT2D eigenvalue weighted by Gasteiger charge is 2.26. The summed E-state index contributed by atoms with van der Waals surface area (Å²) in [5, 5.41) is 3.05. The van der Waals surface area contributed by atoms with Gasteiger partial charge in [-0.2, -0.15) is 0 Å². The van der Waals surface area contributed by atoms with Gasteiger partial charge in [0.15, 0.2) is 0 Å². The molecule has 1 aliphatic rings. The first kappa shape index (κ1) is 12.1. The van der Waals surface area contributed by atoms with Gasteiger partial charge in [0, 0.05) is 0 Å². The molecule has 2 atom stereocenters. The summed E-state index contributed by atoms with van der Waals surface area (Å²) in [6.45, 7) is 3.93. The van der Waals surface area contributed by atoms with E-state index < -0.39 is 6.04 Å². The molecule has 3 heteroatoms. The van der Waals surface area contributed by atoms with Crippen LogP contribution in [0.1, 0.15) is 37.4 Å². The normalized spacial score (nSPS) is 20.1. The predicted octanol–water partition coefficient (Wildman–Crippen LogP) is 1.77. The van der Waals surface area contributed by atoms with E-state index in [0.29, 0.717) is 0 Å². The lowest BCUT2D eigenvalue weighted by Crippen LogP contribution is -2.44. The van der Waals surface area contributed by atoms with Crippen LogP contribution in [0.5, 0.6) is 0 Å². The van der Waals surface area contributed by atoms with E-state index in [1.807, 2.05) is 26.0 Å². The SMILES string of the molecule is CC(C)[C@@H](N)C(=O)NC1CCc2ccccc21. The lowest BCUT2D eigenvalue weighted by atomic mass is 10.0. The molecule has 1 unspecified atom stereocenters. The maximum atomic E-state index is 11.9. The molecule has 0 aliphatic heterocycles. The summed E-state index contributed by atoms with van der Waals surface area (Å²) >= 11 is 0. The highest BCUT2D eigenvalue weighted by molar-refractivity contribution is 5.82. The number of fused-ring (bicyclic) bond motifs is 1. The van der Waals surface area contributed by atoms with Gasteiger partial charge in [-0.25, -0.2) is 0 Å². The van der Waals surface area contributed by atoms with Crippen LogP contribution in [0.2, 0.25) is 0 Å². The van der Waals surface area contributed by atoms with E-state index in [2.05, 4.69) is 17.4 Å². The van der Waals surface area contributed by atoms with Gasteiger partial charge in [-0.15, -0.1) is 0 Å². The van der Waals surface area contributed by atoms with Crippen molar-refractivity contribution >= 4 is 5.91 Å². The van der Waals surface area contributed by atoms with Crippen LogP contribution in [0.25, 0.3) is 0 Å². The molecule has 0 aromatic heterocycles. The van der Waals surface area contributed by atoms with E-state index in [1.54, 1.807) is 0 Å². The van der Waals surface area contributed by atoms with Gasteiger partial charge in [-0.1, -0.05) is 38.1 Å². The topological polar surface area (TPSA) is 55.1 Å². The Balaban J connectivity index is 2.05. The molecule has 0 bridgehead atoms. The molecule has 3 nitrogen and oxygen atoms in total. The van der Waals surface area contributed by atoms with E-state index in [4.69, 9.17) is 5.73 Å². The molecule has 0 saturated carbocycles. The fourth-order valence-corrected chi connectivity index (χ4v) is 2.28. The Morgan fingerprint density at radius 1 is 1.41 bits per heavy atom. The molecule has 0 heterocycles. The number of hydrogen-bond donors (Lipinski definition) is 2. The number of nitrogens with one attached hydrogen (secondary N) is 1. The Labute approximate surface area is 102 Å². The fraction of sp³-hybridized carbons (Fsp3) is 0.500. The second-order valence-corrected chi connectivity index (χ2v) is 5.07. The highest BCUT2D eigenvalue weighted by atomic mass is 16.2. The smallest absolute Gasteiger partial charge is 0.237 e. The average Bonchev–Trinajstić information content (AvgIpc) is 2.71. The quantitative estimate of drug-likeness (QED) is 0.834. The minimum Gasteiger partial charge on any atom is -0.348 e. The third kappa shape index (κ3) is 2.50. The van der Waals surface area contributed by atoms with Gasteiger partial charge in [-0.3, -0.25) is 4.79 Å². The summed E-state index contributed by atoms with van der Waals surface area (Å²) in [5.41, 5.74) is 8.44. The van der Waals surface area contributed by atoms with Gasteiger partial charge in [0.05, 0.1) is 12.1 Å². The molecule has 0 spiro atoms. The number of carbonyl (C=O) groups excluding carboxylic acids is 1. The summed E-state index contributed by atoms with van der Waals surface area (Å²) in [6, 6.07) is 8.01. The second kappa shape index (κ2) is 4.88. The first-order valence-corrected chi connectivity index (χ1v) is 6.23. The molecular weight excluding hydrogens is 212 g/mol. The first-order chi connectivity index (χ1) is 8.09. The molecule has 2 rings (SSSR count). The van der Waals surface area contributed by atoms with Crippen molar-refractivity contribution in [2.24, 2.45) is 11.7 Å². The van der Waals surface area contributed by atoms with Gasteiger partial charge in [-0.05, 0) is 29.9 Å². The van der Waals surface area contributed by atoms with E-state index in [-0.39, 0.29) is 17.9 Å². The van der Waals surface area contributed by atoms with Crippen molar-refractivity contribution in [2.75, 3.05) is 0 Å². The van der Waals surface area contributed by atoms with E-state index in [0.717, 1.165) is 12.8 Å². The molecule has 0 fully saturated rings. The molecule has 0 saturated heterocycles. The van der Waals surface area contributed by atoms with E-state index in [1.165, 1.54) is 11.1 Å². The van der Waals surface area contributed by atoms with Crippen molar-refractivity contribution < 1.29 is 4.79 Å². The van der Waals surface area contributed by atoms with Crippen molar-refractivity contribution in [3.63, 3.8) is 0 Å². The van der Waals surface area contributed by atoms with Crippen LogP contribution in [0, 0.1) is 5.92 Å². The number of nitrogens with two attached hydrogens (primary N) is 1. The van der Waals surface area contributed by atoms with Crippen molar-refractivity contribution in [3.8, 4) is 0 Å². The summed E-state index contributed by atoms with van der Waals surface area (Å²) in [7, 11) is 0. The maximum Gasteiger partial charge on any atom is 0.237 e. The Hall–Kier alpha value is -1.35. The number of hydrogen-bond acceptors (Lipinski definition) is 2. The second-order valence-electron chi connectivity index (χ2n) is 5.07. The molecule has 1 aromatic rings. The van der Waals surface area contributed by atoms with Crippen LogP contribution in [-0.2, 0) is 11.2 Å². The summed E-state index contributed by atoms with van der Waals surface area (Å²) in [5.74, 6) is 0.133. The van der Waals surface area contributed by atoms with Gasteiger partial charge in [0.25, 0.3) is 0 Å². The standard InChI is InChI=1S/C14H20N2O/c1-9(2)13(15)14(17)16-12-8-7-10-5-3-4-6-11(10)12/h3-6,9,12-13H,7-8,15H2,1-2H3,(H,16,17)/t12?,13-/m1/s1. The Morgan fingerprint density at radius 3 is 2.82 bits per heavy atom. The van der Waals surface area contributed by atoms with Crippen molar-refractivity contribution in [1.29, 1.82) is 0 Å². The van der Waals surface area contributed by atoms with Crippen LogP contribution in [0.15, 0.2) is 24.3 Å². The summed E-state index contributed by atoms with van der Waals surface area (Å²) in [4.78, 5) is 11.9. The summed E-state index contributed by atoms with van der Waals surface area (Å²) in [6.07, 6.45) is 2.02. The number of aryl methyl sites for hydroxylation is 1. The monoisotopic (exact) mass is 232 g/mol. The number of amides is 1. The Kier molecular flexibility index (Phi) is 3.48. The predicted molar refractivity (Wildman–Crippen MR) is 68.5 cm³/mol. The van der Waals surface area contributed by atoms with Crippen LogP contribution in [0.4, 0.5) is 0 Å². The maximum absolute atomic E-state index is 11.9. The molecule has 1 amide bonds. The summed E-state index contributed by atoms with van der Waals surface area (Å²) < 4.78 is 0. The molecule has 1 aliphatic carbocycles. The van der Waals surface area contributed by atoms with Crippen molar-refractivity contribution in [3.05, 3.63) is 35.4 Å². The third-order valence-electron chi connectivity index (χ3n) is 3.47. The van der Waals surface area contributed by atoms with Crippen LogP contribution in [0.3, 0.4) is 0 Å². The fourth-order valence-electron chi connectivity index (χ4n) is 2.28. The van der Waals surface area contributed by atoms with E-state index in [9.17, 15) is 4.79 Å². The van der Waals surface area contributed by atoms with Crippen molar-refractivity contribution in [1.82, 2.24) is 5.32 Å².